The summed E-state index contributed by atoms with van der Waals surface area (Å²) in [6.07, 6.45) is 11.0. The average molecular weight is 328 g/mol. The molecule has 0 saturated heterocycles. The van der Waals surface area contributed by atoms with Gasteiger partial charge in [-0.15, -0.1) is 6.58 Å². The smallest absolute Gasteiger partial charge is 0.137 e. The van der Waals surface area contributed by atoms with Crippen LogP contribution < -0.4 is 0 Å². The fraction of sp³-hybridized carbons (Fsp3) is 0.864. The molecule has 9 atom stereocenters. The van der Waals surface area contributed by atoms with Crippen molar-refractivity contribution in [1.82, 2.24) is 0 Å². The van der Waals surface area contributed by atoms with Crippen molar-refractivity contribution in [3.8, 4) is 0 Å². The molecule has 0 bridgehead atoms. The van der Waals surface area contributed by atoms with Crippen LogP contribution in [0.4, 0.5) is 0 Å². The molecule has 5 aliphatic carbocycles. The normalized spacial score (nSPS) is 60.9. The molecule has 5 aliphatic rings. The van der Waals surface area contributed by atoms with E-state index in [0.717, 1.165) is 24.7 Å². The molecule has 0 heterocycles. The van der Waals surface area contributed by atoms with Gasteiger partial charge >= 0.3 is 0 Å². The highest BCUT2D eigenvalue weighted by Crippen LogP contribution is 2.81. The van der Waals surface area contributed by atoms with Crippen LogP contribution in [0.25, 0.3) is 0 Å². The second-order valence-corrected chi connectivity index (χ2v) is 10.2. The maximum Gasteiger partial charge on any atom is 0.137 e. The molecule has 0 aromatic rings. The van der Waals surface area contributed by atoms with Gasteiger partial charge in [0.15, 0.2) is 0 Å². The quantitative estimate of drug-likeness (QED) is 0.691. The van der Waals surface area contributed by atoms with E-state index in [2.05, 4.69) is 26.5 Å². The van der Waals surface area contributed by atoms with E-state index in [0.29, 0.717) is 34.6 Å². The van der Waals surface area contributed by atoms with Crippen LogP contribution in [-0.4, -0.2) is 19.0 Å². The van der Waals surface area contributed by atoms with Gasteiger partial charge in [-0.05, 0) is 73.0 Å². The van der Waals surface area contributed by atoms with Crippen molar-refractivity contribution in [3.63, 3.8) is 0 Å². The summed E-state index contributed by atoms with van der Waals surface area (Å²) in [5, 5.41) is 0. The lowest BCUT2D eigenvalue weighted by Crippen LogP contribution is -2.57. The number of methoxy groups -OCH3 is 1. The minimum atomic E-state index is 0.153. The predicted molar refractivity (Wildman–Crippen MR) is 94.4 cm³/mol. The number of fused-ring (bicyclic) bond motifs is 4. The molecule has 0 aromatic heterocycles. The first-order valence-corrected chi connectivity index (χ1v) is 10.1. The van der Waals surface area contributed by atoms with Crippen molar-refractivity contribution in [2.75, 3.05) is 7.11 Å². The van der Waals surface area contributed by atoms with Crippen molar-refractivity contribution in [2.45, 2.75) is 64.9 Å². The van der Waals surface area contributed by atoms with Gasteiger partial charge in [-0.1, -0.05) is 19.9 Å². The SMILES string of the molecule is C=C[C@@H]1CC(=O)[C@H]2[C@@H]3C[C@@H](OC)[C@]45CC4CC[C@]5(C)[C@H]3CC[C@]12C. The van der Waals surface area contributed by atoms with E-state index in [4.69, 9.17) is 4.74 Å². The van der Waals surface area contributed by atoms with Crippen LogP contribution in [0.1, 0.15) is 58.8 Å². The highest BCUT2D eigenvalue weighted by molar-refractivity contribution is 5.85. The average Bonchev–Trinajstić information content (AvgIpc) is 3.13. The van der Waals surface area contributed by atoms with Gasteiger partial charge in [0.1, 0.15) is 5.78 Å². The Morgan fingerprint density at radius 1 is 1.25 bits per heavy atom. The highest BCUT2D eigenvalue weighted by atomic mass is 16.5. The first kappa shape index (κ1) is 15.6. The first-order chi connectivity index (χ1) is 11.4. The monoisotopic (exact) mass is 328 g/mol. The number of allylic oxidation sites excluding steroid dienone is 1. The molecule has 0 N–H and O–H groups in total. The van der Waals surface area contributed by atoms with Gasteiger partial charge in [0.2, 0.25) is 0 Å². The largest absolute Gasteiger partial charge is 0.381 e. The molecule has 1 unspecified atom stereocenters. The van der Waals surface area contributed by atoms with E-state index in [-0.39, 0.29) is 11.3 Å². The van der Waals surface area contributed by atoms with Gasteiger partial charge in [-0.25, -0.2) is 0 Å². The number of hydrogen-bond donors (Lipinski definition) is 0. The number of hydrogen-bond acceptors (Lipinski definition) is 2. The molecule has 132 valence electrons. The highest BCUT2D eigenvalue weighted by Gasteiger charge is 2.77. The number of ether oxygens (including phenoxy) is 1. The molecule has 24 heavy (non-hydrogen) atoms. The van der Waals surface area contributed by atoms with Crippen LogP contribution in [0.5, 0.6) is 0 Å². The third-order valence-corrected chi connectivity index (χ3v) is 9.94. The molecule has 0 aromatic carbocycles. The molecule has 5 saturated carbocycles. The van der Waals surface area contributed by atoms with Crippen molar-refractivity contribution >= 4 is 5.78 Å². The summed E-state index contributed by atoms with van der Waals surface area (Å²) in [6.45, 7) is 9.00. The predicted octanol–water partition coefficient (Wildman–Crippen LogP) is 4.64. The Balaban J connectivity index is 1.58. The fourth-order valence-electron chi connectivity index (χ4n) is 8.77. The topological polar surface area (TPSA) is 26.3 Å². The fourth-order valence-corrected chi connectivity index (χ4v) is 8.77. The zero-order valence-corrected chi connectivity index (χ0v) is 15.5. The number of carbonyl (C=O) groups is 1. The van der Waals surface area contributed by atoms with E-state index in [9.17, 15) is 4.79 Å². The van der Waals surface area contributed by atoms with Crippen molar-refractivity contribution in [2.24, 2.45) is 45.8 Å². The van der Waals surface area contributed by atoms with E-state index < -0.39 is 0 Å². The Morgan fingerprint density at radius 2 is 2.04 bits per heavy atom. The van der Waals surface area contributed by atoms with Crippen LogP contribution in [0, 0.1) is 45.8 Å². The Labute approximate surface area is 146 Å². The third kappa shape index (κ3) is 1.48. The van der Waals surface area contributed by atoms with Crippen LogP contribution in [0.3, 0.4) is 0 Å². The Hall–Kier alpha value is -0.630. The maximum atomic E-state index is 13.0. The summed E-state index contributed by atoms with van der Waals surface area (Å²) < 4.78 is 6.10. The van der Waals surface area contributed by atoms with Gasteiger partial charge in [-0.2, -0.15) is 0 Å². The molecule has 2 nitrogen and oxygen atoms in total. The van der Waals surface area contributed by atoms with E-state index in [1.807, 2.05) is 7.11 Å². The second-order valence-electron chi connectivity index (χ2n) is 10.2. The van der Waals surface area contributed by atoms with Gasteiger partial charge in [-0.3, -0.25) is 4.79 Å². The summed E-state index contributed by atoms with van der Waals surface area (Å²) in [6, 6.07) is 0. The minimum absolute atomic E-state index is 0.153. The standard InChI is InChI=1S/C22H32O2/c1-5-13-10-17(23)19-15-11-18(24-4)22-12-14(22)6-9-21(22,3)16(15)7-8-20(13,19)2/h5,13-16,18-19H,1,6-12H2,2-4H3/t13-,14?,15-,16+,18-,19-,20-,21-,22+/m1/s1. The van der Waals surface area contributed by atoms with Crippen LogP contribution >= 0.6 is 0 Å². The minimum Gasteiger partial charge on any atom is -0.381 e. The molecule has 5 rings (SSSR count). The van der Waals surface area contributed by atoms with E-state index in [1.54, 1.807) is 0 Å². The van der Waals surface area contributed by atoms with Crippen LogP contribution in [0.2, 0.25) is 0 Å². The lowest BCUT2D eigenvalue weighted by Gasteiger charge is -2.60. The number of rotatable bonds is 2. The van der Waals surface area contributed by atoms with Crippen molar-refractivity contribution < 1.29 is 9.53 Å². The zero-order valence-electron chi connectivity index (χ0n) is 15.5. The maximum absolute atomic E-state index is 13.0. The number of Topliss-reactive ketones (excluding diaryl/α,β-unsaturated/α-hetero) is 1. The lowest BCUT2D eigenvalue weighted by atomic mass is 9.45. The third-order valence-electron chi connectivity index (χ3n) is 9.94. The molecular weight excluding hydrogens is 296 g/mol. The molecule has 5 fully saturated rings. The number of carbonyl (C=O) groups excluding carboxylic acids is 1. The van der Waals surface area contributed by atoms with E-state index >= 15 is 0 Å². The molecule has 0 radical (unpaired) electrons. The Bertz CT molecular complexity index is 611. The summed E-state index contributed by atoms with van der Waals surface area (Å²) in [7, 11) is 1.92. The summed E-state index contributed by atoms with van der Waals surface area (Å²) in [5.74, 6) is 3.35. The molecule has 2 heteroatoms. The summed E-state index contributed by atoms with van der Waals surface area (Å²) in [5.41, 5.74) is 1.02. The Kier molecular flexibility index (Phi) is 2.96. The van der Waals surface area contributed by atoms with Gasteiger partial charge < -0.3 is 4.74 Å². The lowest BCUT2D eigenvalue weighted by molar-refractivity contribution is -0.163. The molecule has 0 aliphatic heterocycles. The van der Waals surface area contributed by atoms with E-state index in [1.165, 1.54) is 32.1 Å². The van der Waals surface area contributed by atoms with Crippen LogP contribution in [-0.2, 0) is 9.53 Å². The van der Waals surface area contributed by atoms with Gasteiger partial charge in [0.05, 0.1) is 6.10 Å². The molecule has 0 amide bonds. The zero-order chi connectivity index (χ0) is 16.9. The second kappa shape index (κ2) is 4.55. The van der Waals surface area contributed by atoms with Crippen molar-refractivity contribution in [1.29, 1.82) is 0 Å². The Morgan fingerprint density at radius 3 is 2.71 bits per heavy atom. The van der Waals surface area contributed by atoms with Crippen molar-refractivity contribution in [3.05, 3.63) is 12.7 Å². The van der Waals surface area contributed by atoms with Gasteiger partial charge in [0, 0.05) is 24.9 Å². The van der Waals surface area contributed by atoms with Gasteiger partial charge in [0.25, 0.3) is 0 Å². The molecular formula is C22H32O2. The first-order valence-electron chi connectivity index (χ1n) is 10.1. The van der Waals surface area contributed by atoms with Crippen LogP contribution in [0.15, 0.2) is 12.7 Å². The summed E-state index contributed by atoms with van der Waals surface area (Å²) >= 11 is 0. The molecule has 1 spiro atoms. The summed E-state index contributed by atoms with van der Waals surface area (Å²) in [4.78, 5) is 13.0. The number of ketones is 1.